The molecular formula is C33H52O4. The van der Waals surface area contributed by atoms with Crippen LogP contribution in [-0.4, -0.2) is 30.6 Å². The molecule has 4 heteroatoms. The van der Waals surface area contributed by atoms with Gasteiger partial charge in [-0.05, 0) is 91.8 Å². The Balaban J connectivity index is 1.15. The minimum atomic E-state index is -0.315. The van der Waals surface area contributed by atoms with Crippen molar-refractivity contribution in [1.82, 2.24) is 0 Å². The van der Waals surface area contributed by atoms with Gasteiger partial charge >= 0.3 is 5.97 Å². The van der Waals surface area contributed by atoms with E-state index in [0.717, 1.165) is 62.9 Å². The van der Waals surface area contributed by atoms with E-state index in [9.17, 15) is 4.79 Å². The molecule has 0 aromatic heterocycles. The molecule has 4 unspecified atom stereocenters. The van der Waals surface area contributed by atoms with Gasteiger partial charge in [-0.15, -0.1) is 0 Å². The van der Waals surface area contributed by atoms with Crippen molar-refractivity contribution in [3.05, 3.63) is 11.6 Å². The molecule has 11 atom stereocenters. The second kappa shape index (κ2) is 9.65. The number of carbonyl (C=O) groups is 1. The van der Waals surface area contributed by atoms with Crippen LogP contribution in [0.4, 0.5) is 0 Å². The third-order valence-corrected chi connectivity index (χ3v) is 12.6. The molecule has 6 rings (SSSR count). The van der Waals surface area contributed by atoms with Gasteiger partial charge in [-0.2, -0.15) is 0 Å². The summed E-state index contributed by atoms with van der Waals surface area (Å²) in [6, 6.07) is 0. The largest absolute Gasteiger partial charge is 0.462 e. The summed E-state index contributed by atoms with van der Waals surface area (Å²) in [5.74, 6) is 3.77. The van der Waals surface area contributed by atoms with Gasteiger partial charge in [-0.1, -0.05) is 59.1 Å². The Kier molecular flexibility index (Phi) is 6.87. The summed E-state index contributed by atoms with van der Waals surface area (Å²) in [5.41, 5.74) is 2.25. The maximum atomic E-state index is 12.4. The predicted octanol–water partition coefficient (Wildman–Crippen LogP) is 7.85. The lowest BCUT2D eigenvalue weighted by Gasteiger charge is -2.58. The molecule has 1 spiro atoms. The highest BCUT2D eigenvalue weighted by Gasteiger charge is 2.68. The second-order valence-electron chi connectivity index (χ2n) is 14.6. The zero-order valence-electron chi connectivity index (χ0n) is 24.2. The van der Waals surface area contributed by atoms with Crippen molar-refractivity contribution in [2.45, 2.75) is 136 Å². The molecule has 0 aromatic carbocycles. The van der Waals surface area contributed by atoms with Gasteiger partial charge in [0.1, 0.15) is 6.10 Å². The Labute approximate surface area is 225 Å². The van der Waals surface area contributed by atoms with E-state index in [4.69, 9.17) is 14.2 Å². The van der Waals surface area contributed by atoms with E-state index in [-0.39, 0.29) is 23.3 Å². The quantitative estimate of drug-likeness (QED) is 0.214. The molecule has 4 aliphatic carbocycles. The first kappa shape index (κ1) is 26.4. The summed E-state index contributed by atoms with van der Waals surface area (Å²) in [7, 11) is 0. The Bertz CT molecular complexity index is 902. The molecular weight excluding hydrogens is 460 g/mol. The monoisotopic (exact) mass is 512 g/mol. The maximum absolute atomic E-state index is 12.4. The molecule has 0 radical (unpaired) electrons. The number of esters is 1. The molecule has 0 N–H and O–H groups in total. The van der Waals surface area contributed by atoms with Crippen LogP contribution in [0.3, 0.4) is 0 Å². The van der Waals surface area contributed by atoms with E-state index in [1.54, 1.807) is 5.57 Å². The molecule has 3 saturated carbocycles. The lowest BCUT2D eigenvalue weighted by atomic mass is 9.47. The van der Waals surface area contributed by atoms with Gasteiger partial charge in [0.2, 0.25) is 0 Å². The average molecular weight is 513 g/mol. The van der Waals surface area contributed by atoms with Crippen molar-refractivity contribution in [2.75, 3.05) is 6.61 Å². The Morgan fingerprint density at radius 1 is 1.08 bits per heavy atom. The van der Waals surface area contributed by atoms with Crippen LogP contribution >= 0.6 is 0 Å². The predicted molar refractivity (Wildman–Crippen MR) is 146 cm³/mol. The van der Waals surface area contributed by atoms with Gasteiger partial charge in [-0.25, -0.2) is 0 Å². The first-order valence-corrected chi connectivity index (χ1v) is 15.9. The van der Waals surface area contributed by atoms with Gasteiger partial charge in [0.25, 0.3) is 0 Å². The molecule has 0 bridgehead atoms. The molecule has 208 valence electrons. The zero-order chi connectivity index (χ0) is 26.0. The van der Waals surface area contributed by atoms with Crippen molar-refractivity contribution in [2.24, 2.45) is 46.3 Å². The van der Waals surface area contributed by atoms with E-state index in [0.29, 0.717) is 35.7 Å². The summed E-state index contributed by atoms with van der Waals surface area (Å²) < 4.78 is 19.4. The molecule has 5 fully saturated rings. The number of rotatable bonds is 5. The van der Waals surface area contributed by atoms with Gasteiger partial charge in [-0.3, -0.25) is 4.79 Å². The molecule has 0 aromatic rings. The topological polar surface area (TPSA) is 44.8 Å². The molecule has 2 saturated heterocycles. The number of unbranched alkanes of at least 4 members (excludes halogenated alkanes) is 2. The number of ether oxygens (including phenoxy) is 3. The van der Waals surface area contributed by atoms with Crippen molar-refractivity contribution in [3.8, 4) is 0 Å². The fourth-order valence-electron chi connectivity index (χ4n) is 10.5. The maximum Gasteiger partial charge on any atom is 0.306 e. The van der Waals surface area contributed by atoms with E-state index < -0.39 is 0 Å². The molecule has 0 amide bonds. The van der Waals surface area contributed by atoms with Crippen molar-refractivity contribution in [3.63, 3.8) is 0 Å². The van der Waals surface area contributed by atoms with Crippen molar-refractivity contribution < 1.29 is 19.0 Å². The second-order valence-corrected chi connectivity index (χ2v) is 14.6. The standard InChI is InChI=1S/C33H52O4/c1-6-7-8-9-29(34)36-24-13-15-31(4)23(18-24)10-11-25-26(31)14-16-32(5)27(25)19-28-30(32)22(3)33(37-28)17-12-21(2)20-35-33/h10,21-22,24-28,30H,6-9,11-20H2,1-5H3/t21-,22-,24?,25?,26?,27?,28-,30-,31-,32-,33-/m0/s1. The van der Waals surface area contributed by atoms with Gasteiger partial charge < -0.3 is 14.2 Å². The third-order valence-electron chi connectivity index (χ3n) is 12.6. The minimum absolute atomic E-state index is 0.0190. The highest BCUT2D eigenvalue weighted by atomic mass is 16.7. The number of hydrogen-bond acceptors (Lipinski definition) is 4. The van der Waals surface area contributed by atoms with Crippen molar-refractivity contribution in [1.29, 1.82) is 0 Å². The Morgan fingerprint density at radius 2 is 1.92 bits per heavy atom. The third kappa shape index (κ3) is 4.17. The van der Waals surface area contributed by atoms with E-state index in [1.807, 2.05) is 0 Å². The number of hydrogen-bond donors (Lipinski definition) is 0. The van der Waals surface area contributed by atoms with Gasteiger partial charge in [0.15, 0.2) is 5.79 Å². The smallest absolute Gasteiger partial charge is 0.306 e. The Morgan fingerprint density at radius 3 is 2.68 bits per heavy atom. The summed E-state index contributed by atoms with van der Waals surface area (Å²) in [6.45, 7) is 13.0. The van der Waals surface area contributed by atoms with Crippen LogP contribution in [0.5, 0.6) is 0 Å². The van der Waals surface area contributed by atoms with Crippen molar-refractivity contribution >= 4 is 5.97 Å². The molecule has 4 nitrogen and oxygen atoms in total. The van der Waals surface area contributed by atoms with Crippen LogP contribution in [0.2, 0.25) is 0 Å². The first-order chi connectivity index (χ1) is 17.7. The number of carbonyl (C=O) groups excluding carboxylic acids is 1. The summed E-state index contributed by atoms with van der Waals surface area (Å²) in [4.78, 5) is 12.4. The average Bonchev–Trinajstić information content (AvgIpc) is 3.31. The van der Waals surface area contributed by atoms with E-state index in [2.05, 4.69) is 40.7 Å². The van der Waals surface area contributed by atoms with E-state index >= 15 is 0 Å². The van der Waals surface area contributed by atoms with E-state index in [1.165, 1.54) is 38.5 Å². The normalized spacial score (nSPS) is 50.6. The number of allylic oxidation sites excluding steroid dienone is 1. The van der Waals surface area contributed by atoms with Crippen LogP contribution in [0, 0.1) is 46.3 Å². The summed E-state index contributed by atoms with van der Waals surface area (Å²) in [6.07, 6.45) is 17.4. The molecule has 2 heterocycles. The van der Waals surface area contributed by atoms with Crippen LogP contribution in [0.25, 0.3) is 0 Å². The summed E-state index contributed by atoms with van der Waals surface area (Å²) >= 11 is 0. The van der Waals surface area contributed by atoms with Gasteiger partial charge in [0, 0.05) is 25.2 Å². The highest BCUT2D eigenvalue weighted by molar-refractivity contribution is 5.69. The molecule has 37 heavy (non-hydrogen) atoms. The Hall–Kier alpha value is -0.870. The fourth-order valence-corrected chi connectivity index (χ4v) is 10.5. The first-order valence-electron chi connectivity index (χ1n) is 15.9. The SMILES string of the molecule is CCCCCC(=O)OC1CC[C@@]2(C)C(=CCC3C2CC[C@@]2(C)C3C[C@@H]3O[C@@]4(CC[C@H](C)CO4)[C@@H](C)[C@@H]32)C1. The molecule has 2 aliphatic heterocycles. The molecule has 6 aliphatic rings. The van der Waals surface area contributed by atoms with Crippen LogP contribution < -0.4 is 0 Å². The fraction of sp³-hybridized carbons (Fsp3) is 0.909. The lowest BCUT2D eigenvalue weighted by Crippen LogP contribution is -2.52. The lowest BCUT2D eigenvalue weighted by molar-refractivity contribution is -0.272. The number of fused-ring (bicyclic) bond motifs is 7. The zero-order valence-corrected chi connectivity index (χ0v) is 24.2. The van der Waals surface area contributed by atoms with Crippen LogP contribution in [0.1, 0.15) is 118 Å². The minimum Gasteiger partial charge on any atom is -0.462 e. The highest BCUT2D eigenvalue weighted by Crippen LogP contribution is 2.70. The van der Waals surface area contributed by atoms with Crippen LogP contribution in [-0.2, 0) is 19.0 Å². The van der Waals surface area contributed by atoms with Crippen LogP contribution in [0.15, 0.2) is 11.6 Å². The summed E-state index contributed by atoms with van der Waals surface area (Å²) in [5, 5.41) is 0. The van der Waals surface area contributed by atoms with Gasteiger partial charge in [0.05, 0.1) is 12.7 Å².